The average Bonchev–Trinajstić information content (AvgIpc) is 2.73. The van der Waals surface area contributed by atoms with Gasteiger partial charge in [-0.3, -0.25) is 9.59 Å². The molecule has 30 heavy (non-hydrogen) atoms. The lowest BCUT2D eigenvalue weighted by Crippen LogP contribution is -2.29. The quantitative estimate of drug-likeness (QED) is 0.307. The Balaban J connectivity index is 2.19. The molecular formula is C21H23BrClN3O4. The molecule has 1 unspecified atom stereocenters. The van der Waals surface area contributed by atoms with Crippen LogP contribution in [0.5, 0.6) is 0 Å². The molecule has 0 fully saturated rings. The normalized spacial score (nSPS) is 11.5. The van der Waals surface area contributed by atoms with Gasteiger partial charge in [-0.15, -0.1) is 11.6 Å². The van der Waals surface area contributed by atoms with Crippen molar-refractivity contribution in [1.82, 2.24) is 10.3 Å². The summed E-state index contributed by atoms with van der Waals surface area (Å²) < 4.78 is 5.23. The molecule has 0 aliphatic carbocycles. The molecule has 1 heterocycles. The first kappa shape index (κ1) is 23.8. The van der Waals surface area contributed by atoms with E-state index in [0.29, 0.717) is 42.2 Å². The SMILES string of the molecule is CCC(Br)OC(=O)c1cccc(NC(=O)c2ccc(C)nc2C(=O)NCCCCl)c1. The van der Waals surface area contributed by atoms with Gasteiger partial charge in [-0.05, 0) is 66.0 Å². The molecule has 160 valence electrons. The molecule has 0 saturated heterocycles. The van der Waals surface area contributed by atoms with Crippen molar-refractivity contribution < 1.29 is 19.1 Å². The number of halogens is 2. The molecule has 0 spiro atoms. The number of nitrogens with zero attached hydrogens (tertiary/aromatic N) is 1. The van der Waals surface area contributed by atoms with E-state index < -0.39 is 17.8 Å². The third kappa shape index (κ3) is 6.81. The summed E-state index contributed by atoms with van der Waals surface area (Å²) in [5.74, 6) is -1.05. The molecule has 0 radical (unpaired) electrons. The van der Waals surface area contributed by atoms with Gasteiger partial charge < -0.3 is 15.4 Å². The Kier molecular flexibility index (Phi) is 9.26. The van der Waals surface area contributed by atoms with Crippen LogP contribution in [0.3, 0.4) is 0 Å². The lowest BCUT2D eigenvalue weighted by atomic mass is 10.1. The molecule has 1 aromatic carbocycles. The topological polar surface area (TPSA) is 97.4 Å². The number of pyridine rings is 1. The second kappa shape index (κ2) is 11.7. The van der Waals surface area contributed by atoms with Crippen molar-refractivity contribution in [3.05, 3.63) is 58.9 Å². The molecule has 0 bridgehead atoms. The van der Waals surface area contributed by atoms with E-state index in [9.17, 15) is 14.4 Å². The fraction of sp³-hybridized carbons (Fsp3) is 0.333. The first-order chi connectivity index (χ1) is 14.3. The number of carbonyl (C=O) groups is 3. The van der Waals surface area contributed by atoms with Crippen LogP contribution >= 0.6 is 27.5 Å². The van der Waals surface area contributed by atoms with Gasteiger partial charge in [0.25, 0.3) is 11.8 Å². The molecule has 7 nitrogen and oxygen atoms in total. The van der Waals surface area contributed by atoms with E-state index >= 15 is 0 Å². The van der Waals surface area contributed by atoms with E-state index in [0.717, 1.165) is 0 Å². The van der Waals surface area contributed by atoms with Gasteiger partial charge in [-0.25, -0.2) is 9.78 Å². The molecule has 2 aromatic rings. The number of benzene rings is 1. The molecule has 0 saturated carbocycles. The number of anilines is 1. The molecule has 1 aromatic heterocycles. The predicted molar refractivity (Wildman–Crippen MR) is 119 cm³/mol. The van der Waals surface area contributed by atoms with E-state index in [1.165, 1.54) is 6.07 Å². The first-order valence-electron chi connectivity index (χ1n) is 9.44. The maximum absolute atomic E-state index is 12.8. The van der Waals surface area contributed by atoms with Crippen molar-refractivity contribution in [3.8, 4) is 0 Å². The van der Waals surface area contributed by atoms with Crippen molar-refractivity contribution in [2.75, 3.05) is 17.7 Å². The maximum atomic E-state index is 12.8. The molecule has 2 rings (SSSR count). The summed E-state index contributed by atoms with van der Waals surface area (Å²) in [6.45, 7) is 4.00. The van der Waals surface area contributed by atoms with E-state index in [1.54, 1.807) is 37.3 Å². The summed E-state index contributed by atoms with van der Waals surface area (Å²) in [5.41, 5.74) is 1.46. The second-order valence-electron chi connectivity index (χ2n) is 6.41. The van der Waals surface area contributed by atoms with E-state index in [2.05, 4.69) is 31.5 Å². The number of aromatic nitrogens is 1. The van der Waals surface area contributed by atoms with Crippen LogP contribution in [0.4, 0.5) is 5.69 Å². The van der Waals surface area contributed by atoms with E-state index in [-0.39, 0.29) is 16.3 Å². The highest BCUT2D eigenvalue weighted by molar-refractivity contribution is 9.09. The molecule has 1 atom stereocenters. The van der Waals surface area contributed by atoms with Crippen LogP contribution in [0.2, 0.25) is 0 Å². The zero-order valence-corrected chi connectivity index (χ0v) is 19.0. The summed E-state index contributed by atoms with van der Waals surface area (Å²) in [5, 5.41) is 5.02. The van der Waals surface area contributed by atoms with Crippen LogP contribution in [0, 0.1) is 6.92 Å². The third-order valence-corrected chi connectivity index (χ3v) is 5.10. The number of ether oxygens (including phenoxy) is 1. The molecule has 2 N–H and O–H groups in total. The number of alkyl halides is 2. The van der Waals surface area contributed by atoms with Gasteiger partial charge in [-0.2, -0.15) is 0 Å². The summed E-state index contributed by atoms with van der Waals surface area (Å²) >= 11 is 8.88. The van der Waals surface area contributed by atoms with Gasteiger partial charge in [-0.1, -0.05) is 13.0 Å². The Bertz CT molecular complexity index is 923. The van der Waals surface area contributed by atoms with Crippen LogP contribution in [-0.4, -0.2) is 40.2 Å². The van der Waals surface area contributed by atoms with Crippen molar-refractivity contribution in [2.45, 2.75) is 31.7 Å². The summed E-state index contributed by atoms with van der Waals surface area (Å²) in [7, 11) is 0. The predicted octanol–water partition coefficient (Wildman–Crippen LogP) is 4.29. The maximum Gasteiger partial charge on any atom is 0.339 e. The highest BCUT2D eigenvalue weighted by Gasteiger charge is 2.20. The lowest BCUT2D eigenvalue weighted by Gasteiger charge is -2.12. The van der Waals surface area contributed by atoms with Gasteiger partial charge in [0.2, 0.25) is 0 Å². The minimum absolute atomic E-state index is 0.0303. The van der Waals surface area contributed by atoms with Gasteiger partial charge in [0.05, 0.1) is 11.1 Å². The van der Waals surface area contributed by atoms with Crippen LogP contribution in [-0.2, 0) is 4.74 Å². The van der Waals surface area contributed by atoms with Gasteiger partial charge in [0.15, 0.2) is 5.01 Å². The number of carbonyl (C=O) groups excluding carboxylic acids is 3. The van der Waals surface area contributed by atoms with Crippen LogP contribution in [0.1, 0.15) is 56.7 Å². The van der Waals surface area contributed by atoms with Crippen molar-refractivity contribution >= 4 is 51.0 Å². The Labute approximate surface area is 188 Å². The smallest absolute Gasteiger partial charge is 0.339 e. The zero-order chi connectivity index (χ0) is 22.1. The second-order valence-corrected chi connectivity index (χ2v) is 7.81. The third-order valence-electron chi connectivity index (χ3n) is 4.00. The lowest BCUT2D eigenvalue weighted by molar-refractivity contribution is 0.0464. The van der Waals surface area contributed by atoms with Gasteiger partial charge >= 0.3 is 5.97 Å². The Morgan fingerprint density at radius 3 is 2.67 bits per heavy atom. The summed E-state index contributed by atoms with van der Waals surface area (Å²) in [6, 6.07) is 9.58. The zero-order valence-electron chi connectivity index (χ0n) is 16.7. The fourth-order valence-electron chi connectivity index (χ4n) is 2.46. The molecular weight excluding hydrogens is 474 g/mol. The number of nitrogens with one attached hydrogen (secondary N) is 2. The average molecular weight is 497 g/mol. The van der Waals surface area contributed by atoms with Crippen molar-refractivity contribution in [3.63, 3.8) is 0 Å². The molecule has 0 aliphatic rings. The van der Waals surface area contributed by atoms with Crippen LogP contribution in [0.25, 0.3) is 0 Å². The Hall–Kier alpha value is -2.45. The fourth-order valence-corrected chi connectivity index (χ4v) is 2.76. The number of hydrogen-bond acceptors (Lipinski definition) is 5. The van der Waals surface area contributed by atoms with E-state index in [1.807, 2.05) is 6.92 Å². The standard InChI is InChI=1S/C21H23BrClN3O4/c1-3-17(22)30-21(29)14-6-4-7-15(12-14)26-19(27)16-9-8-13(2)25-18(16)20(28)24-11-5-10-23/h4,6-9,12,17H,3,5,10-11H2,1-2H3,(H,24,28)(H,26,27). The molecule has 0 aliphatic heterocycles. The number of hydrogen-bond donors (Lipinski definition) is 2. The molecule has 2 amide bonds. The summed E-state index contributed by atoms with van der Waals surface area (Å²) in [4.78, 5) is 41.7. The number of aryl methyl sites for hydroxylation is 1. The molecule has 9 heteroatoms. The van der Waals surface area contributed by atoms with Gasteiger partial charge in [0, 0.05) is 23.8 Å². The van der Waals surface area contributed by atoms with Crippen molar-refractivity contribution in [2.24, 2.45) is 0 Å². The number of amides is 2. The number of rotatable bonds is 9. The Morgan fingerprint density at radius 1 is 1.20 bits per heavy atom. The highest BCUT2D eigenvalue weighted by atomic mass is 79.9. The minimum atomic E-state index is -0.512. The monoisotopic (exact) mass is 495 g/mol. The van der Waals surface area contributed by atoms with Gasteiger partial charge in [0.1, 0.15) is 5.69 Å². The summed E-state index contributed by atoms with van der Waals surface area (Å²) in [6.07, 6.45) is 1.23. The van der Waals surface area contributed by atoms with E-state index in [4.69, 9.17) is 16.3 Å². The first-order valence-corrected chi connectivity index (χ1v) is 10.9. The minimum Gasteiger partial charge on any atom is -0.447 e. The van der Waals surface area contributed by atoms with Crippen molar-refractivity contribution in [1.29, 1.82) is 0 Å². The van der Waals surface area contributed by atoms with Crippen LogP contribution in [0.15, 0.2) is 36.4 Å². The number of esters is 1. The largest absolute Gasteiger partial charge is 0.447 e. The highest BCUT2D eigenvalue weighted by Crippen LogP contribution is 2.17. The Morgan fingerprint density at radius 2 is 1.97 bits per heavy atom. The van der Waals surface area contributed by atoms with Crippen LogP contribution < -0.4 is 10.6 Å².